The molecule has 122 valence electrons. The molecule has 0 atom stereocenters. The Morgan fingerprint density at radius 2 is 1.87 bits per heavy atom. The zero-order valence-corrected chi connectivity index (χ0v) is 14.1. The summed E-state index contributed by atoms with van der Waals surface area (Å²) in [6.07, 6.45) is 2.53. The van der Waals surface area contributed by atoms with Gasteiger partial charge in [-0.1, -0.05) is 22.9 Å². The lowest BCUT2D eigenvalue weighted by molar-refractivity contribution is 0.241. The number of anilines is 1. The van der Waals surface area contributed by atoms with Crippen molar-refractivity contribution in [3.05, 3.63) is 46.8 Å². The summed E-state index contributed by atoms with van der Waals surface area (Å²) < 4.78 is 5.46. The Hall–Kier alpha value is -1.81. The second-order valence-corrected chi connectivity index (χ2v) is 7.05. The number of hydrogen-bond donors (Lipinski definition) is 0. The SMILES string of the molecule is Cc1ccc(N2CCN(Cc3cc(C4CC4)on3)CC2)c(C)c1. The van der Waals surface area contributed by atoms with Crippen LogP contribution in [0.15, 0.2) is 28.8 Å². The fourth-order valence-electron chi connectivity index (χ4n) is 3.50. The lowest BCUT2D eigenvalue weighted by atomic mass is 10.1. The molecular weight excluding hydrogens is 286 g/mol. The Kier molecular flexibility index (Phi) is 3.85. The third kappa shape index (κ3) is 3.27. The fourth-order valence-corrected chi connectivity index (χ4v) is 3.50. The first-order chi connectivity index (χ1) is 11.2. The third-order valence-corrected chi connectivity index (χ3v) is 5.01. The normalized spacial score (nSPS) is 19.3. The van der Waals surface area contributed by atoms with E-state index in [4.69, 9.17) is 4.52 Å². The Balaban J connectivity index is 1.34. The fraction of sp³-hybridized carbons (Fsp3) is 0.526. The van der Waals surface area contributed by atoms with Gasteiger partial charge in [0.05, 0.1) is 5.69 Å². The average molecular weight is 311 g/mol. The van der Waals surface area contributed by atoms with E-state index in [1.54, 1.807) is 0 Å². The topological polar surface area (TPSA) is 32.5 Å². The summed E-state index contributed by atoms with van der Waals surface area (Å²) in [6, 6.07) is 8.91. The number of benzene rings is 1. The van der Waals surface area contributed by atoms with E-state index in [1.165, 1.54) is 29.7 Å². The van der Waals surface area contributed by atoms with Crippen molar-refractivity contribution in [2.45, 2.75) is 39.2 Å². The van der Waals surface area contributed by atoms with Crippen LogP contribution in [-0.2, 0) is 6.54 Å². The van der Waals surface area contributed by atoms with E-state index in [0.717, 1.165) is 44.2 Å². The summed E-state index contributed by atoms with van der Waals surface area (Å²) >= 11 is 0. The second-order valence-electron chi connectivity index (χ2n) is 7.05. The van der Waals surface area contributed by atoms with Gasteiger partial charge < -0.3 is 9.42 Å². The molecule has 1 saturated heterocycles. The van der Waals surface area contributed by atoms with Crippen LogP contribution in [0.1, 0.15) is 41.3 Å². The molecule has 0 unspecified atom stereocenters. The highest BCUT2D eigenvalue weighted by molar-refractivity contribution is 5.54. The number of hydrogen-bond acceptors (Lipinski definition) is 4. The molecule has 0 bridgehead atoms. The maximum atomic E-state index is 5.46. The Bertz CT molecular complexity index is 682. The lowest BCUT2D eigenvalue weighted by Gasteiger charge is -2.36. The molecule has 1 aromatic heterocycles. The molecule has 2 aliphatic rings. The van der Waals surface area contributed by atoms with E-state index in [9.17, 15) is 0 Å². The standard InChI is InChI=1S/C19H25N3O/c1-14-3-6-18(15(2)11-14)22-9-7-21(8-10-22)13-17-12-19(23-20-17)16-4-5-16/h3,6,11-12,16H,4-5,7-10,13H2,1-2H3. The molecule has 2 heterocycles. The lowest BCUT2D eigenvalue weighted by Crippen LogP contribution is -2.46. The number of piperazine rings is 1. The summed E-state index contributed by atoms with van der Waals surface area (Å²) in [5.41, 5.74) is 5.19. The van der Waals surface area contributed by atoms with Crippen molar-refractivity contribution >= 4 is 5.69 Å². The average Bonchev–Trinajstić information content (AvgIpc) is 3.29. The summed E-state index contributed by atoms with van der Waals surface area (Å²) in [7, 11) is 0. The molecule has 0 spiro atoms. The summed E-state index contributed by atoms with van der Waals surface area (Å²) in [5, 5.41) is 4.24. The van der Waals surface area contributed by atoms with Gasteiger partial charge in [0.15, 0.2) is 0 Å². The van der Waals surface area contributed by atoms with Crippen LogP contribution in [0.2, 0.25) is 0 Å². The van der Waals surface area contributed by atoms with Gasteiger partial charge in [-0.2, -0.15) is 0 Å². The van der Waals surface area contributed by atoms with Crippen molar-refractivity contribution in [2.75, 3.05) is 31.1 Å². The van der Waals surface area contributed by atoms with Gasteiger partial charge >= 0.3 is 0 Å². The van der Waals surface area contributed by atoms with Gasteiger partial charge in [0.25, 0.3) is 0 Å². The van der Waals surface area contributed by atoms with Crippen LogP contribution in [0.25, 0.3) is 0 Å². The number of aromatic nitrogens is 1. The van der Waals surface area contributed by atoms with Gasteiger partial charge in [-0.3, -0.25) is 4.90 Å². The van der Waals surface area contributed by atoms with Crippen LogP contribution < -0.4 is 4.90 Å². The van der Waals surface area contributed by atoms with Gasteiger partial charge in [-0.15, -0.1) is 0 Å². The largest absolute Gasteiger partial charge is 0.369 e. The molecule has 1 aliphatic carbocycles. The molecular formula is C19H25N3O. The highest BCUT2D eigenvalue weighted by Crippen LogP contribution is 2.40. The predicted molar refractivity (Wildman–Crippen MR) is 91.9 cm³/mol. The Labute approximate surface area is 138 Å². The maximum Gasteiger partial charge on any atom is 0.140 e. The van der Waals surface area contributed by atoms with Crippen LogP contribution in [0.5, 0.6) is 0 Å². The summed E-state index contributed by atoms with van der Waals surface area (Å²) in [6.45, 7) is 9.61. The molecule has 4 nitrogen and oxygen atoms in total. The molecule has 0 N–H and O–H groups in total. The van der Waals surface area contributed by atoms with Crippen molar-refractivity contribution in [3.8, 4) is 0 Å². The first-order valence-corrected chi connectivity index (χ1v) is 8.69. The zero-order chi connectivity index (χ0) is 15.8. The number of nitrogens with zero attached hydrogens (tertiary/aromatic N) is 3. The zero-order valence-electron chi connectivity index (χ0n) is 14.1. The van der Waals surface area contributed by atoms with Crippen LogP contribution in [0.3, 0.4) is 0 Å². The highest BCUT2D eigenvalue weighted by Gasteiger charge is 2.28. The van der Waals surface area contributed by atoms with Gasteiger partial charge in [0.2, 0.25) is 0 Å². The smallest absolute Gasteiger partial charge is 0.140 e. The molecule has 2 fully saturated rings. The Morgan fingerprint density at radius 1 is 1.09 bits per heavy atom. The number of aryl methyl sites for hydroxylation is 2. The third-order valence-electron chi connectivity index (χ3n) is 5.01. The Morgan fingerprint density at radius 3 is 2.57 bits per heavy atom. The predicted octanol–water partition coefficient (Wildman–Crippen LogP) is 3.49. The molecule has 2 aromatic rings. The van der Waals surface area contributed by atoms with Gasteiger partial charge in [0.1, 0.15) is 5.76 Å². The summed E-state index contributed by atoms with van der Waals surface area (Å²) in [5.74, 6) is 1.74. The monoisotopic (exact) mass is 311 g/mol. The quantitative estimate of drug-likeness (QED) is 0.865. The van der Waals surface area contributed by atoms with Crippen LogP contribution >= 0.6 is 0 Å². The molecule has 1 saturated carbocycles. The van der Waals surface area contributed by atoms with E-state index < -0.39 is 0 Å². The van der Waals surface area contributed by atoms with Crippen LogP contribution in [-0.4, -0.2) is 36.2 Å². The first-order valence-electron chi connectivity index (χ1n) is 8.69. The molecule has 0 amide bonds. The molecule has 1 aliphatic heterocycles. The van der Waals surface area contributed by atoms with Crippen molar-refractivity contribution in [1.82, 2.24) is 10.1 Å². The van der Waals surface area contributed by atoms with Gasteiger partial charge in [-0.05, 0) is 38.3 Å². The van der Waals surface area contributed by atoms with E-state index in [1.807, 2.05) is 0 Å². The van der Waals surface area contributed by atoms with Crippen molar-refractivity contribution in [3.63, 3.8) is 0 Å². The van der Waals surface area contributed by atoms with Crippen molar-refractivity contribution in [1.29, 1.82) is 0 Å². The highest BCUT2D eigenvalue weighted by atomic mass is 16.5. The minimum atomic E-state index is 0.651. The van der Waals surface area contributed by atoms with E-state index in [2.05, 4.69) is 53.1 Å². The van der Waals surface area contributed by atoms with Crippen LogP contribution in [0, 0.1) is 13.8 Å². The molecule has 4 rings (SSSR count). The minimum absolute atomic E-state index is 0.651. The number of rotatable bonds is 4. The molecule has 23 heavy (non-hydrogen) atoms. The molecule has 0 radical (unpaired) electrons. The molecule has 1 aromatic carbocycles. The van der Waals surface area contributed by atoms with Crippen LogP contribution in [0.4, 0.5) is 5.69 Å². The second kappa shape index (κ2) is 6.00. The van der Waals surface area contributed by atoms with Gasteiger partial charge in [0, 0.05) is 50.4 Å². The van der Waals surface area contributed by atoms with Gasteiger partial charge in [-0.25, -0.2) is 0 Å². The maximum absolute atomic E-state index is 5.46. The van der Waals surface area contributed by atoms with E-state index >= 15 is 0 Å². The minimum Gasteiger partial charge on any atom is -0.369 e. The molecule has 4 heteroatoms. The summed E-state index contributed by atoms with van der Waals surface area (Å²) in [4.78, 5) is 4.98. The first kappa shape index (κ1) is 14.8. The van der Waals surface area contributed by atoms with Crippen molar-refractivity contribution < 1.29 is 4.52 Å². The van der Waals surface area contributed by atoms with E-state index in [-0.39, 0.29) is 0 Å². The van der Waals surface area contributed by atoms with Crippen molar-refractivity contribution in [2.24, 2.45) is 0 Å². The van der Waals surface area contributed by atoms with E-state index in [0.29, 0.717) is 5.92 Å².